The SMILES string of the molecule is CN(C)c1nccc(-c2ccc3cnc(CNC(=O)c4cc(F)c5c(c4)S(=O)(=O)[C@@H](F)CCO5)cc3n2)n1. The highest BCUT2D eigenvalue weighted by atomic mass is 32.2. The van der Waals surface area contributed by atoms with Gasteiger partial charge in [0.1, 0.15) is 4.90 Å². The van der Waals surface area contributed by atoms with Crippen molar-refractivity contribution in [3.05, 3.63) is 65.9 Å². The molecule has 1 aliphatic rings. The molecule has 0 radical (unpaired) electrons. The molecule has 5 rings (SSSR count). The number of nitrogens with one attached hydrogen (secondary N) is 1. The molecule has 38 heavy (non-hydrogen) atoms. The van der Waals surface area contributed by atoms with Crippen LogP contribution in [0.15, 0.2) is 53.7 Å². The minimum atomic E-state index is -4.51. The molecule has 0 unspecified atom stereocenters. The van der Waals surface area contributed by atoms with Crippen LogP contribution < -0.4 is 15.0 Å². The van der Waals surface area contributed by atoms with Gasteiger partial charge in [-0.05, 0) is 36.4 Å². The Morgan fingerprint density at radius 1 is 1.13 bits per heavy atom. The van der Waals surface area contributed by atoms with Crippen LogP contribution in [0.1, 0.15) is 22.5 Å². The number of anilines is 1. The largest absolute Gasteiger partial charge is 0.489 e. The number of hydrogen-bond donors (Lipinski definition) is 1. The molecule has 1 N–H and O–H groups in total. The molecule has 1 aliphatic heterocycles. The van der Waals surface area contributed by atoms with Gasteiger partial charge >= 0.3 is 0 Å². The number of nitrogens with zero attached hydrogens (tertiary/aromatic N) is 5. The summed E-state index contributed by atoms with van der Waals surface area (Å²) in [4.78, 5) is 31.5. The highest BCUT2D eigenvalue weighted by molar-refractivity contribution is 7.92. The smallest absolute Gasteiger partial charge is 0.251 e. The van der Waals surface area contributed by atoms with Gasteiger partial charge in [0.05, 0.1) is 35.8 Å². The van der Waals surface area contributed by atoms with Crippen molar-refractivity contribution in [2.75, 3.05) is 25.6 Å². The zero-order valence-corrected chi connectivity index (χ0v) is 21.2. The maximum atomic E-state index is 14.6. The summed E-state index contributed by atoms with van der Waals surface area (Å²) >= 11 is 0. The molecular weight excluding hydrogens is 518 g/mol. The molecule has 1 amide bonds. The zero-order chi connectivity index (χ0) is 27.0. The second kappa shape index (κ2) is 9.89. The second-order valence-electron chi connectivity index (χ2n) is 8.76. The van der Waals surface area contributed by atoms with Gasteiger partial charge in [-0.25, -0.2) is 32.2 Å². The van der Waals surface area contributed by atoms with Gasteiger partial charge < -0.3 is 15.0 Å². The van der Waals surface area contributed by atoms with Gasteiger partial charge in [-0.2, -0.15) is 0 Å². The number of alkyl halides is 1. The first-order valence-electron chi connectivity index (χ1n) is 11.5. The van der Waals surface area contributed by atoms with E-state index >= 15 is 0 Å². The van der Waals surface area contributed by atoms with Crippen molar-refractivity contribution in [2.45, 2.75) is 23.4 Å². The number of ether oxygens (including phenoxy) is 1. The van der Waals surface area contributed by atoms with Gasteiger partial charge in [-0.15, -0.1) is 0 Å². The molecule has 13 heteroatoms. The van der Waals surface area contributed by atoms with E-state index in [0.29, 0.717) is 28.5 Å². The normalized spacial score (nSPS) is 16.3. The molecule has 0 spiro atoms. The Balaban J connectivity index is 1.38. The van der Waals surface area contributed by atoms with Crippen molar-refractivity contribution in [3.63, 3.8) is 0 Å². The highest BCUT2D eigenvalue weighted by Crippen LogP contribution is 2.35. The number of carbonyl (C=O) groups excluding carboxylic acids is 1. The summed E-state index contributed by atoms with van der Waals surface area (Å²) < 4.78 is 58.8. The fraction of sp³-hybridized carbons (Fsp3) is 0.240. The Kier molecular flexibility index (Phi) is 6.61. The van der Waals surface area contributed by atoms with E-state index in [1.54, 1.807) is 29.4 Å². The van der Waals surface area contributed by atoms with E-state index < -0.39 is 44.1 Å². The Bertz CT molecular complexity index is 1670. The highest BCUT2D eigenvalue weighted by Gasteiger charge is 2.35. The average molecular weight is 541 g/mol. The second-order valence-corrected chi connectivity index (χ2v) is 10.8. The Morgan fingerprint density at radius 3 is 2.71 bits per heavy atom. The van der Waals surface area contributed by atoms with Crippen LogP contribution in [0.25, 0.3) is 22.3 Å². The first-order valence-corrected chi connectivity index (χ1v) is 13.1. The van der Waals surface area contributed by atoms with Crippen molar-refractivity contribution in [2.24, 2.45) is 0 Å². The van der Waals surface area contributed by atoms with E-state index in [1.165, 1.54) is 0 Å². The van der Waals surface area contributed by atoms with E-state index in [4.69, 9.17) is 4.74 Å². The van der Waals surface area contributed by atoms with Crippen molar-refractivity contribution in [1.29, 1.82) is 0 Å². The molecule has 0 fully saturated rings. The summed E-state index contributed by atoms with van der Waals surface area (Å²) in [5, 5.41) is 3.35. The standard InChI is InChI=1S/C25H22F2N6O4S/c1-33(2)25-28-7-5-19(32-25)18-4-3-14-12-29-16(11-20(14)31-18)13-30-24(34)15-9-17(26)23-21(10-15)38(35,36)22(27)6-8-37-23/h3-5,7,9-12,22H,6,8,13H2,1-2H3,(H,30,34)/t22-/m1/s1. The lowest BCUT2D eigenvalue weighted by molar-refractivity contribution is 0.0949. The van der Waals surface area contributed by atoms with E-state index in [9.17, 15) is 22.0 Å². The maximum absolute atomic E-state index is 14.6. The fourth-order valence-corrected chi connectivity index (χ4v) is 5.26. The summed E-state index contributed by atoms with van der Waals surface area (Å²) in [6, 6.07) is 8.89. The number of rotatable bonds is 5. The molecule has 10 nitrogen and oxygen atoms in total. The van der Waals surface area contributed by atoms with Crippen LogP contribution in [0.3, 0.4) is 0 Å². The Morgan fingerprint density at radius 2 is 1.92 bits per heavy atom. The topological polar surface area (TPSA) is 127 Å². The summed E-state index contributed by atoms with van der Waals surface area (Å²) in [7, 11) is -0.832. The van der Waals surface area contributed by atoms with Crippen LogP contribution in [-0.2, 0) is 16.4 Å². The molecule has 196 valence electrons. The van der Waals surface area contributed by atoms with E-state index in [2.05, 4.69) is 25.3 Å². The molecule has 1 atom stereocenters. The first-order chi connectivity index (χ1) is 18.1. The molecule has 3 aromatic heterocycles. The summed E-state index contributed by atoms with van der Waals surface area (Å²) in [6.07, 6.45) is 2.81. The number of benzene rings is 1. The predicted octanol–water partition coefficient (Wildman–Crippen LogP) is 3.07. The van der Waals surface area contributed by atoms with Gasteiger partial charge in [0.25, 0.3) is 5.91 Å². The number of halogens is 2. The first kappa shape index (κ1) is 25.4. The van der Waals surface area contributed by atoms with Crippen LogP contribution in [-0.4, -0.2) is 60.5 Å². The average Bonchev–Trinajstić information content (AvgIpc) is 3.02. The predicted molar refractivity (Wildman–Crippen MR) is 135 cm³/mol. The number of amides is 1. The van der Waals surface area contributed by atoms with Gasteiger partial charge in [-0.3, -0.25) is 9.78 Å². The Hall–Kier alpha value is -4.26. The Labute approximate surface area is 216 Å². The van der Waals surface area contributed by atoms with Crippen LogP contribution in [0.2, 0.25) is 0 Å². The van der Waals surface area contributed by atoms with E-state index in [1.807, 2.05) is 26.2 Å². The van der Waals surface area contributed by atoms with Gasteiger partial charge in [0.15, 0.2) is 11.6 Å². The molecular formula is C25H22F2N6O4S. The van der Waals surface area contributed by atoms with Crippen molar-refractivity contribution in [1.82, 2.24) is 25.3 Å². The van der Waals surface area contributed by atoms with E-state index in [-0.39, 0.29) is 18.7 Å². The van der Waals surface area contributed by atoms with Crippen molar-refractivity contribution >= 4 is 32.6 Å². The number of carbonyl (C=O) groups is 1. The lowest BCUT2D eigenvalue weighted by atomic mass is 10.1. The van der Waals surface area contributed by atoms with Crippen molar-refractivity contribution < 1.29 is 26.7 Å². The molecule has 0 saturated heterocycles. The molecule has 0 aliphatic carbocycles. The lowest BCUT2D eigenvalue weighted by Crippen LogP contribution is -2.24. The monoisotopic (exact) mass is 540 g/mol. The molecule has 0 bridgehead atoms. The summed E-state index contributed by atoms with van der Waals surface area (Å²) in [5.74, 6) is -1.87. The van der Waals surface area contributed by atoms with Crippen LogP contribution in [0, 0.1) is 5.82 Å². The quantitative estimate of drug-likeness (QED) is 0.406. The van der Waals surface area contributed by atoms with Gasteiger partial charge in [-0.1, -0.05) is 0 Å². The molecule has 4 aromatic rings. The van der Waals surface area contributed by atoms with Crippen LogP contribution in [0.4, 0.5) is 14.7 Å². The number of aromatic nitrogens is 4. The number of hydrogen-bond acceptors (Lipinski definition) is 9. The van der Waals surface area contributed by atoms with Crippen LogP contribution in [0.5, 0.6) is 5.75 Å². The third-order valence-electron chi connectivity index (χ3n) is 5.87. The van der Waals surface area contributed by atoms with Gasteiger partial charge in [0, 0.05) is 43.9 Å². The third kappa shape index (κ3) is 4.84. The maximum Gasteiger partial charge on any atom is 0.251 e. The van der Waals surface area contributed by atoms with Gasteiger partial charge in [0.2, 0.25) is 21.3 Å². The number of fused-ring (bicyclic) bond motifs is 2. The lowest BCUT2D eigenvalue weighted by Gasteiger charge is -2.12. The third-order valence-corrected chi connectivity index (χ3v) is 7.70. The van der Waals surface area contributed by atoms with E-state index in [0.717, 1.165) is 17.5 Å². The molecule has 1 aromatic carbocycles. The minimum absolute atomic E-state index is 0.0490. The molecule has 0 saturated carbocycles. The zero-order valence-electron chi connectivity index (χ0n) is 20.4. The number of pyridine rings is 2. The summed E-state index contributed by atoms with van der Waals surface area (Å²) in [6.45, 7) is -0.347. The van der Waals surface area contributed by atoms with Crippen LogP contribution >= 0.6 is 0 Å². The van der Waals surface area contributed by atoms with Crippen molar-refractivity contribution in [3.8, 4) is 17.1 Å². The minimum Gasteiger partial charge on any atom is -0.489 e. The number of sulfone groups is 1. The summed E-state index contributed by atoms with van der Waals surface area (Å²) in [5.41, 5.74) is -0.208. The fourth-order valence-electron chi connectivity index (χ4n) is 3.87. The molecule has 4 heterocycles.